The highest BCUT2D eigenvalue weighted by Crippen LogP contribution is 2.30. The zero-order valence-corrected chi connectivity index (χ0v) is 13.0. The first-order chi connectivity index (χ1) is 10.2. The number of likely N-dealkylation sites (tertiary alicyclic amines) is 1. The van der Waals surface area contributed by atoms with Gasteiger partial charge in [-0.25, -0.2) is 0 Å². The number of benzene rings is 1. The molecule has 1 heterocycles. The van der Waals surface area contributed by atoms with Crippen molar-refractivity contribution in [2.45, 2.75) is 25.8 Å². The van der Waals surface area contributed by atoms with Gasteiger partial charge in [0, 0.05) is 19.1 Å². The van der Waals surface area contributed by atoms with Gasteiger partial charge in [-0.15, -0.1) is 0 Å². The highest BCUT2D eigenvalue weighted by molar-refractivity contribution is 5.99. The van der Waals surface area contributed by atoms with E-state index in [1.54, 1.807) is 26.4 Å². The molecular weight excluding hydrogens is 268 g/mol. The molecule has 1 aliphatic rings. The molecule has 2 rings (SSSR count). The minimum absolute atomic E-state index is 0.0146. The predicted molar refractivity (Wildman–Crippen MR) is 82.1 cm³/mol. The number of ether oxygens (including phenoxy) is 2. The molecule has 1 fully saturated rings. The van der Waals surface area contributed by atoms with Crippen LogP contribution < -0.4 is 14.8 Å². The third-order valence-electron chi connectivity index (χ3n) is 3.92. The lowest BCUT2D eigenvalue weighted by Crippen LogP contribution is -2.45. The molecule has 0 bridgehead atoms. The molecular formula is C16H24N2O3. The number of carbonyl (C=O) groups excluding carboxylic acids is 1. The molecule has 1 amide bonds. The maximum Gasteiger partial charge on any atom is 0.261 e. The Morgan fingerprint density at radius 3 is 2.29 bits per heavy atom. The van der Waals surface area contributed by atoms with Crippen molar-refractivity contribution in [3.05, 3.63) is 23.8 Å². The van der Waals surface area contributed by atoms with Crippen LogP contribution in [0.15, 0.2) is 18.2 Å². The molecule has 0 radical (unpaired) electrons. The third-order valence-corrected chi connectivity index (χ3v) is 3.92. The smallest absolute Gasteiger partial charge is 0.261 e. The van der Waals surface area contributed by atoms with Crippen LogP contribution in [0.3, 0.4) is 0 Å². The van der Waals surface area contributed by atoms with E-state index < -0.39 is 0 Å². The topological polar surface area (TPSA) is 50.8 Å². The summed E-state index contributed by atoms with van der Waals surface area (Å²) in [4.78, 5) is 14.7. The van der Waals surface area contributed by atoms with Crippen molar-refractivity contribution in [3.63, 3.8) is 0 Å². The average molecular weight is 292 g/mol. The van der Waals surface area contributed by atoms with Crippen molar-refractivity contribution in [3.8, 4) is 11.5 Å². The molecule has 21 heavy (non-hydrogen) atoms. The molecule has 0 atom stereocenters. The SMILES string of the molecule is CCNC1CCN(C(=O)c2c(OC)cccc2OC)CC1. The lowest BCUT2D eigenvalue weighted by molar-refractivity contribution is 0.0699. The van der Waals surface area contributed by atoms with Crippen LogP contribution in [0.1, 0.15) is 30.1 Å². The Morgan fingerprint density at radius 1 is 1.24 bits per heavy atom. The largest absolute Gasteiger partial charge is 0.496 e. The molecule has 0 aliphatic carbocycles. The second-order valence-corrected chi connectivity index (χ2v) is 5.16. The number of hydrogen-bond acceptors (Lipinski definition) is 4. The number of nitrogens with zero attached hydrogens (tertiary/aromatic N) is 1. The molecule has 0 unspecified atom stereocenters. The Bertz CT molecular complexity index is 460. The van der Waals surface area contributed by atoms with E-state index in [4.69, 9.17) is 9.47 Å². The van der Waals surface area contributed by atoms with Crippen LogP contribution in [0.4, 0.5) is 0 Å². The summed E-state index contributed by atoms with van der Waals surface area (Å²) < 4.78 is 10.6. The number of rotatable bonds is 5. The maximum atomic E-state index is 12.8. The van der Waals surface area contributed by atoms with E-state index in [0.717, 1.165) is 32.5 Å². The monoisotopic (exact) mass is 292 g/mol. The van der Waals surface area contributed by atoms with E-state index >= 15 is 0 Å². The van der Waals surface area contributed by atoms with Crippen LogP contribution in [0.2, 0.25) is 0 Å². The van der Waals surface area contributed by atoms with E-state index in [2.05, 4.69) is 12.2 Å². The van der Waals surface area contributed by atoms with Crippen LogP contribution in [0, 0.1) is 0 Å². The highest BCUT2D eigenvalue weighted by Gasteiger charge is 2.27. The van der Waals surface area contributed by atoms with E-state index in [-0.39, 0.29) is 5.91 Å². The molecule has 116 valence electrons. The third kappa shape index (κ3) is 3.47. The van der Waals surface area contributed by atoms with E-state index in [1.165, 1.54) is 0 Å². The number of piperidine rings is 1. The summed E-state index contributed by atoms with van der Waals surface area (Å²) in [5.41, 5.74) is 0.518. The summed E-state index contributed by atoms with van der Waals surface area (Å²) in [6.07, 6.45) is 1.97. The lowest BCUT2D eigenvalue weighted by atomic mass is 10.0. The summed E-state index contributed by atoms with van der Waals surface area (Å²) in [5.74, 6) is 1.11. The molecule has 0 spiro atoms. The standard InChI is InChI=1S/C16H24N2O3/c1-4-17-12-8-10-18(11-9-12)16(19)15-13(20-2)6-5-7-14(15)21-3/h5-7,12,17H,4,8-11H2,1-3H3. The first kappa shape index (κ1) is 15.6. The number of amides is 1. The second kappa shape index (κ2) is 7.31. The van der Waals surface area contributed by atoms with E-state index in [0.29, 0.717) is 23.1 Å². The summed E-state index contributed by atoms with van der Waals surface area (Å²) >= 11 is 0. The quantitative estimate of drug-likeness (QED) is 0.901. The van der Waals surface area contributed by atoms with Gasteiger partial charge in [-0.3, -0.25) is 4.79 Å². The molecule has 1 aromatic rings. The molecule has 1 saturated heterocycles. The fraction of sp³-hybridized carbons (Fsp3) is 0.562. The normalized spacial score (nSPS) is 15.9. The Balaban J connectivity index is 2.14. The number of hydrogen-bond donors (Lipinski definition) is 1. The Labute approximate surface area is 126 Å². The van der Waals surface area contributed by atoms with Crippen molar-refractivity contribution in [1.29, 1.82) is 0 Å². The van der Waals surface area contributed by atoms with Gasteiger partial charge in [-0.2, -0.15) is 0 Å². The van der Waals surface area contributed by atoms with Crippen LogP contribution in [-0.4, -0.2) is 50.7 Å². The van der Waals surface area contributed by atoms with Gasteiger partial charge >= 0.3 is 0 Å². The van der Waals surface area contributed by atoms with Crippen molar-refractivity contribution < 1.29 is 14.3 Å². The fourth-order valence-electron chi connectivity index (χ4n) is 2.80. The summed E-state index contributed by atoms with van der Waals surface area (Å²) in [6, 6.07) is 5.92. The average Bonchev–Trinajstić information content (AvgIpc) is 2.54. The number of carbonyl (C=O) groups is 1. The zero-order valence-electron chi connectivity index (χ0n) is 13.0. The molecule has 1 aromatic carbocycles. The van der Waals surface area contributed by atoms with E-state index in [1.807, 2.05) is 11.0 Å². The minimum atomic E-state index is -0.0146. The summed E-state index contributed by atoms with van der Waals surface area (Å²) in [6.45, 7) is 4.60. The van der Waals surface area contributed by atoms with Gasteiger partial charge < -0.3 is 19.7 Å². The van der Waals surface area contributed by atoms with Gasteiger partial charge in [0.1, 0.15) is 17.1 Å². The Hall–Kier alpha value is -1.75. The molecule has 0 saturated carbocycles. The zero-order chi connectivity index (χ0) is 15.2. The van der Waals surface area contributed by atoms with Crippen molar-refractivity contribution >= 4 is 5.91 Å². The highest BCUT2D eigenvalue weighted by atomic mass is 16.5. The first-order valence-electron chi connectivity index (χ1n) is 7.44. The summed E-state index contributed by atoms with van der Waals surface area (Å²) in [5, 5.41) is 3.44. The van der Waals surface area contributed by atoms with Crippen molar-refractivity contribution in [2.75, 3.05) is 33.9 Å². The van der Waals surface area contributed by atoms with Crippen molar-refractivity contribution in [2.24, 2.45) is 0 Å². The molecule has 1 N–H and O–H groups in total. The van der Waals surface area contributed by atoms with Gasteiger partial charge in [-0.1, -0.05) is 13.0 Å². The van der Waals surface area contributed by atoms with Gasteiger partial charge in [0.25, 0.3) is 5.91 Å². The Kier molecular flexibility index (Phi) is 5.44. The molecule has 0 aromatic heterocycles. The fourth-order valence-corrected chi connectivity index (χ4v) is 2.80. The lowest BCUT2D eigenvalue weighted by Gasteiger charge is -2.32. The van der Waals surface area contributed by atoms with Gasteiger partial charge in [-0.05, 0) is 31.5 Å². The Morgan fingerprint density at radius 2 is 1.81 bits per heavy atom. The minimum Gasteiger partial charge on any atom is -0.496 e. The molecule has 5 nitrogen and oxygen atoms in total. The van der Waals surface area contributed by atoms with Crippen LogP contribution in [-0.2, 0) is 0 Å². The first-order valence-corrected chi connectivity index (χ1v) is 7.44. The van der Waals surface area contributed by atoms with Gasteiger partial charge in [0.2, 0.25) is 0 Å². The van der Waals surface area contributed by atoms with Crippen LogP contribution >= 0.6 is 0 Å². The van der Waals surface area contributed by atoms with Gasteiger partial charge in [0.15, 0.2) is 0 Å². The molecule has 5 heteroatoms. The van der Waals surface area contributed by atoms with Crippen LogP contribution in [0.5, 0.6) is 11.5 Å². The van der Waals surface area contributed by atoms with Crippen molar-refractivity contribution in [1.82, 2.24) is 10.2 Å². The molecule has 1 aliphatic heterocycles. The predicted octanol–water partition coefficient (Wildman–Crippen LogP) is 1.92. The summed E-state index contributed by atoms with van der Waals surface area (Å²) in [7, 11) is 3.14. The van der Waals surface area contributed by atoms with E-state index in [9.17, 15) is 4.79 Å². The second-order valence-electron chi connectivity index (χ2n) is 5.16. The van der Waals surface area contributed by atoms with Crippen LogP contribution in [0.25, 0.3) is 0 Å². The number of nitrogens with one attached hydrogen (secondary N) is 1. The maximum absolute atomic E-state index is 12.8. The number of methoxy groups -OCH3 is 2. The van der Waals surface area contributed by atoms with Gasteiger partial charge in [0.05, 0.1) is 14.2 Å².